The standard InChI is InChI=1S/C11H18O2/c1-2-7-3-8-5-9(6-11(12)13)10(8)4-7/h7-10H,2-6H2,1H3,(H,12,13)/t7?,8-,9?,10-/m1/s1. The van der Waals surface area contributed by atoms with Crippen LogP contribution in [0.25, 0.3) is 0 Å². The number of carboxylic acid groups (broad SMARTS) is 1. The van der Waals surface area contributed by atoms with Gasteiger partial charge < -0.3 is 5.11 Å². The van der Waals surface area contributed by atoms with E-state index in [9.17, 15) is 4.79 Å². The molecule has 0 radical (unpaired) electrons. The minimum atomic E-state index is -0.608. The summed E-state index contributed by atoms with van der Waals surface area (Å²) in [4.78, 5) is 10.5. The predicted octanol–water partition coefficient (Wildman–Crippen LogP) is 2.53. The van der Waals surface area contributed by atoms with Gasteiger partial charge in [0.15, 0.2) is 0 Å². The molecule has 2 heteroatoms. The van der Waals surface area contributed by atoms with Gasteiger partial charge in [-0.1, -0.05) is 13.3 Å². The average molecular weight is 182 g/mol. The maximum Gasteiger partial charge on any atom is 0.303 e. The largest absolute Gasteiger partial charge is 0.481 e. The third-order valence-corrected chi connectivity index (χ3v) is 4.07. The maximum absolute atomic E-state index is 10.5. The van der Waals surface area contributed by atoms with E-state index in [4.69, 9.17) is 5.11 Å². The third-order valence-electron chi connectivity index (χ3n) is 4.07. The van der Waals surface area contributed by atoms with Crippen LogP contribution >= 0.6 is 0 Å². The van der Waals surface area contributed by atoms with Gasteiger partial charge in [0.1, 0.15) is 0 Å². The summed E-state index contributed by atoms with van der Waals surface area (Å²) in [5, 5.41) is 8.69. The van der Waals surface area contributed by atoms with Gasteiger partial charge in [0, 0.05) is 6.42 Å². The highest BCUT2D eigenvalue weighted by Gasteiger charge is 2.47. The lowest BCUT2D eigenvalue weighted by atomic mass is 9.65. The second kappa shape index (κ2) is 3.32. The van der Waals surface area contributed by atoms with E-state index in [1.54, 1.807) is 0 Å². The minimum Gasteiger partial charge on any atom is -0.481 e. The van der Waals surface area contributed by atoms with Crippen molar-refractivity contribution in [1.29, 1.82) is 0 Å². The zero-order valence-corrected chi connectivity index (χ0v) is 8.20. The van der Waals surface area contributed by atoms with Crippen LogP contribution in [0.5, 0.6) is 0 Å². The van der Waals surface area contributed by atoms with Crippen LogP contribution < -0.4 is 0 Å². The van der Waals surface area contributed by atoms with E-state index < -0.39 is 5.97 Å². The van der Waals surface area contributed by atoms with Crippen LogP contribution in [0.4, 0.5) is 0 Å². The van der Waals surface area contributed by atoms with Crippen molar-refractivity contribution in [2.24, 2.45) is 23.7 Å². The summed E-state index contributed by atoms with van der Waals surface area (Å²) in [7, 11) is 0. The molecule has 0 heterocycles. The highest BCUT2D eigenvalue weighted by atomic mass is 16.4. The summed E-state index contributed by atoms with van der Waals surface area (Å²) in [6.07, 6.45) is 5.56. The van der Waals surface area contributed by atoms with Crippen molar-refractivity contribution in [1.82, 2.24) is 0 Å². The van der Waals surface area contributed by atoms with E-state index in [-0.39, 0.29) is 0 Å². The van der Waals surface area contributed by atoms with Gasteiger partial charge in [-0.3, -0.25) is 4.79 Å². The molecule has 0 amide bonds. The Hall–Kier alpha value is -0.530. The fourth-order valence-electron chi connectivity index (χ4n) is 3.29. The SMILES string of the molecule is CCC1C[C@@H]2CC(CC(=O)O)[C@@H]2C1. The molecule has 2 saturated carbocycles. The zero-order valence-electron chi connectivity index (χ0n) is 8.20. The Morgan fingerprint density at radius 3 is 2.77 bits per heavy atom. The summed E-state index contributed by atoms with van der Waals surface area (Å²) in [6, 6.07) is 0. The zero-order chi connectivity index (χ0) is 9.42. The lowest BCUT2D eigenvalue weighted by Gasteiger charge is -2.39. The lowest BCUT2D eigenvalue weighted by Crippen LogP contribution is -2.33. The van der Waals surface area contributed by atoms with E-state index in [0.717, 1.165) is 17.8 Å². The molecule has 2 rings (SSSR count). The summed E-state index contributed by atoms with van der Waals surface area (Å²) in [5.74, 6) is 2.45. The maximum atomic E-state index is 10.5. The number of hydrogen-bond donors (Lipinski definition) is 1. The van der Waals surface area contributed by atoms with Crippen LogP contribution in [0.2, 0.25) is 0 Å². The van der Waals surface area contributed by atoms with Crippen LogP contribution in [-0.2, 0) is 4.79 Å². The normalized spacial score (nSPS) is 42.5. The molecule has 0 bridgehead atoms. The molecular weight excluding hydrogens is 164 g/mol. The number of carbonyl (C=O) groups is 1. The number of fused-ring (bicyclic) bond motifs is 1. The van der Waals surface area contributed by atoms with E-state index in [1.165, 1.54) is 25.7 Å². The molecule has 2 fully saturated rings. The van der Waals surface area contributed by atoms with Crippen LogP contribution in [0.15, 0.2) is 0 Å². The van der Waals surface area contributed by atoms with Crippen molar-refractivity contribution >= 4 is 5.97 Å². The van der Waals surface area contributed by atoms with Crippen LogP contribution in [-0.4, -0.2) is 11.1 Å². The molecule has 0 aromatic carbocycles. The Balaban J connectivity index is 1.85. The van der Waals surface area contributed by atoms with Gasteiger partial charge in [0.25, 0.3) is 0 Å². The quantitative estimate of drug-likeness (QED) is 0.728. The number of carboxylic acids is 1. The molecule has 0 aromatic heterocycles. The Bertz CT molecular complexity index is 212. The Kier molecular flexibility index (Phi) is 2.31. The van der Waals surface area contributed by atoms with E-state index in [1.807, 2.05) is 0 Å². The second-order valence-corrected chi connectivity index (χ2v) is 4.76. The Morgan fingerprint density at radius 1 is 1.38 bits per heavy atom. The number of hydrogen-bond acceptors (Lipinski definition) is 1. The summed E-state index contributed by atoms with van der Waals surface area (Å²) in [6.45, 7) is 2.25. The van der Waals surface area contributed by atoms with Gasteiger partial charge in [-0.2, -0.15) is 0 Å². The molecule has 2 aliphatic carbocycles. The Morgan fingerprint density at radius 2 is 2.15 bits per heavy atom. The second-order valence-electron chi connectivity index (χ2n) is 4.76. The number of rotatable bonds is 3. The minimum absolute atomic E-state index is 0.414. The van der Waals surface area contributed by atoms with Crippen LogP contribution in [0.1, 0.15) is 39.0 Å². The number of aliphatic carboxylic acids is 1. The van der Waals surface area contributed by atoms with Gasteiger partial charge in [-0.15, -0.1) is 0 Å². The molecule has 2 nitrogen and oxygen atoms in total. The van der Waals surface area contributed by atoms with Crippen molar-refractivity contribution < 1.29 is 9.90 Å². The van der Waals surface area contributed by atoms with Gasteiger partial charge in [-0.05, 0) is 42.9 Å². The highest BCUT2D eigenvalue weighted by molar-refractivity contribution is 5.67. The molecule has 4 atom stereocenters. The van der Waals surface area contributed by atoms with E-state index in [2.05, 4.69) is 6.92 Å². The first-order valence-electron chi connectivity index (χ1n) is 5.42. The van der Waals surface area contributed by atoms with Crippen molar-refractivity contribution in [3.63, 3.8) is 0 Å². The van der Waals surface area contributed by atoms with Gasteiger partial charge in [-0.25, -0.2) is 0 Å². The van der Waals surface area contributed by atoms with E-state index in [0.29, 0.717) is 12.3 Å². The molecule has 13 heavy (non-hydrogen) atoms. The van der Waals surface area contributed by atoms with Gasteiger partial charge in [0.05, 0.1) is 0 Å². The van der Waals surface area contributed by atoms with Crippen molar-refractivity contribution in [2.45, 2.75) is 39.0 Å². The molecule has 0 spiro atoms. The van der Waals surface area contributed by atoms with Crippen LogP contribution in [0, 0.1) is 23.7 Å². The van der Waals surface area contributed by atoms with Crippen molar-refractivity contribution in [2.75, 3.05) is 0 Å². The first-order chi connectivity index (χ1) is 6.20. The Labute approximate surface area is 79.3 Å². The average Bonchev–Trinajstić information content (AvgIpc) is 2.38. The molecule has 0 aliphatic heterocycles. The molecule has 1 N–H and O–H groups in total. The van der Waals surface area contributed by atoms with Gasteiger partial charge in [0.2, 0.25) is 0 Å². The molecule has 2 aliphatic rings. The summed E-state index contributed by atoms with van der Waals surface area (Å²) < 4.78 is 0. The molecule has 2 unspecified atom stereocenters. The van der Waals surface area contributed by atoms with Crippen molar-refractivity contribution in [3.8, 4) is 0 Å². The van der Waals surface area contributed by atoms with E-state index >= 15 is 0 Å². The predicted molar refractivity (Wildman–Crippen MR) is 50.4 cm³/mol. The molecule has 0 saturated heterocycles. The molecule has 0 aromatic rings. The third kappa shape index (κ3) is 1.59. The fraction of sp³-hybridized carbons (Fsp3) is 0.909. The summed E-state index contributed by atoms with van der Waals surface area (Å²) in [5.41, 5.74) is 0. The van der Waals surface area contributed by atoms with Crippen LogP contribution in [0.3, 0.4) is 0 Å². The fourth-order valence-corrected chi connectivity index (χ4v) is 3.29. The first kappa shape index (κ1) is 9.04. The summed E-state index contributed by atoms with van der Waals surface area (Å²) >= 11 is 0. The monoisotopic (exact) mass is 182 g/mol. The first-order valence-corrected chi connectivity index (χ1v) is 5.42. The highest BCUT2D eigenvalue weighted by Crippen LogP contribution is 2.55. The lowest BCUT2D eigenvalue weighted by molar-refractivity contribution is -0.140. The molecule has 74 valence electrons. The smallest absolute Gasteiger partial charge is 0.303 e. The topological polar surface area (TPSA) is 37.3 Å². The molecular formula is C11H18O2. The van der Waals surface area contributed by atoms with Crippen molar-refractivity contribution in [3.05, 3.63) is 0 Å². The van der Waals surface area contributed by atoms with Gasteiger partial charge >= 0.3 is 5.97 Å².